The monoisotopic (exact) mass is 399 g/mol. The van der Waals surface area contributed by atoms with Gasteiger partial charge in [-0.3, -0.25) is 9.69 Å². The van der Waals surface area contributed by atoms with Crippen molar-refractivity contribution >= 4 is 11.6 Å². The highest BCUT2D eigenvalue weighted by Crippen LogP contribution is 2.29. The van der Waals surface area contributed by atoms with Crippen LogP contribution in [-0.4, -0.2) is 62.9 Å². The molecule has 1 saturated heterocycles. The SMILES string of the molecule is COc1ccc(OC)c([C@H](C)NC(=O)CN2CCN(c3ccc(O)cc3)CC2)c1. The molecule has 1 aliphatic heterocycles. The molecule has 7 heteroatoms. The summed E-state index contributed by atoms with van der Waals surface area (Å²) in [4.78, 5) is 17.0. The highest BCUT2D eigenvalue weighted by molar-refractivity contribution is 5.78. The Morgan fingerprint density at radius 2 is 1.76 bits per heavy atom. The van der Waals surface area contributed by atoms with Crippen LogP contribution in [0.1, 0.15) is 18.5 Å². The van der Waals surface area contributed by atoms with Crippen molar-refractivity contribution in [3.05, 3.63) is 48.0 Å². The number of hydrogen-bond donors (Lipinski definition) is 2. The lowest BCUT2D eigenvalue weighted by Gasteiger charge is -2.36. The van der Waals surface area contributed by atoms with Crippen molar-refractivity contribution < 1.29 is 19.4 Å². The maximum absolute atomic E-state index is 12.6. The molecule has 3 rings (SSSR count). The number of piperazine rings is 1. The summed E-state index contributed by atoms with van der Waals surface area (Å²) >= 11 is 0. The van der Waals surface area contributed by atoms with E-state index in [9.17, 15) is 9.90 Å². The first-order chi connectivity index (χ1) is 14.0. The first-order valence-corrected chi connectivity index (χ1v) is 9.77. The number of amides is 1. The van der Waals surface area contributed by atoms with Crippen molar-refractivity contribution in [2.75, 3.05) is 51.8 Å². The Morgan fingerprint density at radius 1 is 1.07 bits per heavy atom. The van der Waals surface area contributed by atoms with E-state index in [1.807, 2.05) is 37.3 Å². The Labute approximate surface area is 171 Å². The smallest absolute Gasteiger partial charge is 0.234 e. The molecule has 0 bridgehead atoms. The zero-order chi connectivity index (χ0) is 20.8. The number of aromatic hydroxyl groups is 1. The molecule has 0 radical (unpaired) electrons. The van der Waals surface area contributed by atoms with Crippen molar-refractivity contribution in [3.63, 3.8) is 0 Å². The number of rotatable bonds is 7. The molecule has 1 atom stereocenters. The summed E-state index contributed by atoms with van der Waals surface area (Å²) < 4.78 is 10.7. The summed E-state index contributed by atoms with van der Waals surface area (Å²) in [5, 5.41) is 12.5. The highest BCUT2D eigenvalue weighted by atomic mass is 16.5. The molecule has 0 unspecified atom stereocenters. The third-order valence-electron chi connectivity index (χ3n) is 5.24. The van der Waals surface area contributed by atoms with Gasteiger partial charge in [0.1, 0.15) is 17.2 Å². The Morgan fingerprint density at radius 3 is 2.38 bits per heavy atom. The number of phenols is 1. The fraction of sp³-hybridized carbons (Fsp3) is 0.409. The number of hydrogen-bond acceptors (Lipinski definition) is 6. The van der Waals surface area contributed by atoms with E-state index in [-0.39, 0.29) is 17.7 Å². The fourth-order valence-electron chi connectivity index (χ4n) is 3.57. The minimum Gasteiger partial charge on any atom is -0.508 e. The summed E-state index contributed by atoms with van der Waals surface area (Å²) in [6.07, 6.45) is 0. The van der Waals surface area contributed by atoms with Crippen LogP contribution in [0.2, 0.25) is 0 Å². The molecule has 2 aromatic rings. The molecule has 0 spiro atoms. The lowest BCUT2D eigenvalue weighted by atomic mass is 10.1. The van der Waals surface area contributed by atoms with Gasteiger partial charge in [-0.05, 0) is 49.4 Å². The molecule has 0 aliphatic carbocycles. The lowest BCUT2D eigenvalue weighted by Crippen LogP contribution is -2.49. The number of benzene rings is 2. The number of methoxy groups -OCH3 is 2. The van der Waals surface area contributed by atoms with Gasteiger partial charge in [-0.25, -0.2) is 0 Å². The molecule has 29 heavy (non-hydrogen) atoms. The number of phenolic OH excluding ortho intramolecular Hbond substituents is 1. The Hall–Kier alpha value is -2.93. The van der Waals surface area contributed by atoms with E-state index >= 15 is 0 Å². The van der Waals surface area contributed by atoms with Crippen LogP contribution in [0.5, 0.6) is 17.2 Å². The number of nitrogens with one attached hydrogen (secondary N) is 1. The second kappa shape index (κ2) is 9.52. The van der Waals surface area contributed by atoms with Gasteiger partial charge >= 0.3 is 0 Å². The van der Waals surface area contributed by atoms with E-state index in [4.69, 9.17) is 9.47 Å². The third-order valence-corrected chi connectivity index (χ3v) is 5.24. The highest BCUT2D eigenvalue weighted by Gasteiger charge is 2.21. The quantitative estimate of drug-likeness (QED) is 0.745. The van der Waals surface area contributed by atoms with Gasteiger partial charge < -0.3 is 24.8 Å². The van der Waals surface area contributed by atoms with Gasteiger partial charge in [-0.2, -0.15) is 0 Å². The number of anilines is 1. The fourth-order valence-corrected chi connectivity index (χ4v) is 3.57. The number of ether oxygens (including phenoxy) is 2. The largest absolute Gasteiger partial charge is 0.508 e. The van der Waals surface area contributed by atoms with Crippen LogP contribution >= 0.6 is 0 Å². The van der Waals surface area contributed by atoms with Crippen LogP contribution in [0.4, 0.5) is 5.69 Å². The molecular weight excluding hydrogens is 370 g/mol. The van der Waals surface area contributed by atoms with E-state index in [1.54, 1.807) is 26.4 Å². The van der Waals surface area contributed by atoms with Gasteiger partial charge in [-0.1, -0.05) is 0 Å². The molecule has 2 N–H and O–H groups in total. The van der Waals surface area contributed by atoms with Crippen LogP contribution in [0.25, 0.3) is 0 Å². The van der Waals surface area contributed by atoms with Crippen molar-refractivity contribution in [1.29, 1.82) is 0 Å². The van der Waals surface area contributed by atoms with Crippen molar-refractivity contribution in [2.45, 2.75) is 13.0 Å². The van der Waals surface area contributed by atoms with Crippen molar-refractivity contribution in [2.24, 2.45) is 0 Å². The lowest BCUT2D eigenvalue weighted by molar-refractivity contribution is -0.123. The molecular formula is C22H29N3O4. The van der Waals surface area contributed by atoms with Crippen LogP contribution in [0, 0.1) is 0 Å². The first-order valence-electron chi connectivity index (χ1n) is 9.77. The second-order valence-corrected chi connectivity index (χ2v) is 7.18. The average Bonchev–Trinajstić information content (AvgIpc) is 2.74. The van der Waals surface area contributed by atoms with E-state index in [2.05, 4.69) is 15.1 Å². The van der Waals surface area contributed by atoms with E-state index in [1.165, 1.54) is 0 Å². The van der Waals surface area contributed by atoms with Gasteiger partial charge in [0.05, 0.1) is 26.8 Å². The maximum atomic E-state index is 12.6. The molecule has 1 fully saturated rings. The van der Waals surface area contributed by atoms with E-state index < -0.39 is 0 Å². The van der Waals surface area contributed by atoms with E-state index in [0.717, 1.165) is 48.9 Å². The van der Waals surface area contributed by atoms with Gasteiger partial charge in [-0.15, -0.1) is 0 Å². The Bertz CT molecular complexity index is 817. The summed E-state index contributed by atoms with van der Waals surface area (Å²) in [5.41, 5.74) is 1.97. The molecule has 2 aromatic carbocycles. The molecule has 1 heterocycles. The average molecular weight is 399 g/mol. The van der Waals surface area contributed by atoms with Gasteiger partial charge in [0.25, 0.3) is 0 Å². The molecule has 1 amide bonds. The number of carbonyl (C=O) groups excluding carboxylic acids is 1. The predicted octanol–water partition coefficient (Wildman–Crippen LogP) is 2.41. The molecule has 7 nitrogen and oxygen atoms in total. The maximum Gasteiger partial charge on any atom is 0.234 e. The summed E-state index contributed by atoms with van der Waals surface area (Å²) in [5.74, 6) is 1.71. The first kappa shape index (κ1) is 20.8. The Kier molecular flexibility index (Phi) is 6.82. The number of nitrogens with zero attached hydrogens (tertiary/aromatic N) is 2. The normalized spacial score (nSPS) is 15.6. The molecule has 0 saturated carbocycles. The van der Waals surface area contributed by atoms with Crippen molar-refractivity contribution in [1.82, 2.24) is 10.2 Å². The summed E-state index contributed by atoms with van der Waals surface area (Å²) in [6.45, 7) is 5.61. The van der Waals surface area contributed by atoms with Crippen LogP contribution < -0.4 is 19.7 Å². The third kappa shape index (κ3) is 5.32. The minimum absolute atomic E-state index is 0.0135. The van der Waals surface area contributed by atoms with Crippen molar-refractivity contribution in [3.8, 4) is 17.2 Å². The van der Waals surface area contributed by atoms with Crippen LogP contribution in [0.15, 0.2) is 42.5 Å². The standard InChI is InChI=1S/C22H29N3O4/c1-16(20-14-19(28-2)8-9-21(20)29-3)23-22(27)15-24-10-12-25(13-11-24)17-4-6-18(26)7-5-17/h4-9,14,16,26H,10-13,15H2,1-3H3,(H,23,27)/t16-/m0/s1. The predicted molar refractivity (Wildman–Crippen MR) is 113 cm³/mol. The Balaban J connectivity index is 1.52. The van der Waals surface area contributed by atoms with Gasteiger partial charge in [0, 0.05) is 37.4 Å². The minimum atomic E-state index is -0.189. The van der Waals surface area contributed by atoms with Crippen LogP contribution in [0.3, 0.4) is 0 Å². The summed E-state index contributed by atoms with van der Waals surface area (Å²) in [6, 6.07) is 12.6. The zero-order valence-electron chi connectivity index (χ0n) is 17.2. The van der Waals surface area contributed by atoms with Gasteiger partial charge in [0.15, 0.2) is 0 Å². The second-order valence-electron chi connectivity index (χ2n) is 7.18. The molecule has 0 aromatic heterocycles. The van der Waals surface area contributed by atoms with Gasteiger partial charge in [0.2, 0.25) is 5.91 Å². The van der Waals surface area contributed by atoms with E-state index in [0.29, 0.717) is 6.54 Å². The molecule has 156 valence electrons. The zero-order valence-corrected chi connectivity index (χ0v) is 17.2. The number of carbonyl (C=O) groups is 1. The summed E-state index contributed by atoms with van der Waals surface area (Å²) in [7, 11) is 3.24. The van der Waals surface area contributed by atoms with Crippen LogP contribution in [-0.2, 0) is 4.79 Å². The topological polar surface area (TPSA) is 74.3 Å². The molecule has 1 aliphatic rings.